The fraction of sp³-hybridized carbons (Fsp3) is 0.727. The molecule has 0 atom stereocenters. The number of allylic oxidation sites excluding steroid dienone is 1. The van der Waals surface area contributed by atoms with Crippen molar-refractivity contribution in [3.63, 3.8) is 0 Å². The minimum absolute atomic E-state index is 0.00238. The van der Waals surface area contributed by atoms with E-state index in [-0.39, 0.29) is 11.4 Å². The molecule has 0 rings (SSSR count). The SMILES string of the molecule is CC(=O)/C=C/C(C)(C)OOC(C)(C)C. The molecule has 3 nitrogen and oxygen atoms in total. The second kappa shape index (κ2) is 4.71. The predicted molar refractivity (Wildman–Crippen MR) is 55.8 cm³/mol. The van der Waals surface area contributed by atoms with E-state index < -0.39 is 5.60 Å². The van der Waals surface area contributed by atoms with Crippen molar-refractivity contribution >= 4 is 5.78 Å². The van der Waals surface area contributed by atoms with Gasteiger partial charge in [0, 0.05) is 0 Å². The maximum Gasteiger partial charge on any atom is 0.152 e. The van der Waals surface area contributed by atoms with Gasteiger partial charge in [-0.15, -0.1) is 0 Å². The first-order chi connectivity index (χ1) is 6.12. The van der Waals surface area contributed by atoms with E-state index in [4.69, 9.17) is 9.78 Å². The summed E-state index contributed by atoms with van der Waals surface area (Å²) in [5, 5.41) is 0. The van der Waals surface area contributed by atoms with Crippen molar-refractivity contribution in [1.29, 1.82) is 0 Å². The van der Waals surface area contributed by atoms with Crippen LogP contribution in [0.15, 0.2) is 12.2 Å². The maximum absolute atomic E-state index is 10.7. The van der Waals surface area contributed by atoms with Crippen molar-refractivity contribution in [2.45, 2.75) is 52.7 Å². The van der Waals surface area contributed by atoms with Gasteiger partial charge in [-0.05, 0) is 53.7 Å². The van der Waals surface area contributed by atoms with Gasteiger partial charge in [0.2, 0.25) is 0 Å². The van der Waals surface area contributed by atoms with Crippen LogP contribution in [-0.2, 0) is 14.6 Å². The van der Waals surface area contributed by atoms with Crippen LogP contribution in [0.2, 0.25) is 0 Å². The molecule has 0 saturated heterocycles. The van der Waals surface area contributed by atoms with Gasteiger partial charge in [-0.3, -0.25) is 4.79 Å². The number of carbonyl (C=O) groups excluding carboxylic acids is 1. The summed E-state index contributed by atoms with van der Waals surface area (Å²) < 4.78 is 0. The summed E-state index contributed by atoms with van der Waals surface area (Å²) in [6, 6.07) is 0. The average molecular weight is 200 g/mol. The summed E-state index contributed by atoms with van der Waals surface area (Å²) >= 11 is 0. The highest BCUT2D eigenvalue weighted by Gasteiger charge is 2.20. The molecule has 0 aliphatic rings. The Balaban J connectivity index is 4.14. The smallest absolute Gasteiger partial charge is 0.152 e. The number of hydrogen-bond donors (Lipinski definition) is 0. The lowest BCUT2D eigenvalue weighted by Crippen LogP contribution is -2.29. The van der Waals surface area contributed by atoms with E-state index in [2.05, 4.69) is 0 Å². The van der Waals surface area contributed by atoms with Gasteiger partial charge in [0.1, 0.15) is 5.60 Å². The van der Waals surface area contributed by atoms with Gasteiger partial charge < -0.3 is 0 Å². The molecule has 0 aromatic heterocycles. The fourth-order valence-electron chi connectivity index (χ4n) is 0.578. The first-order valence-corrected chi connectivity index (χ1v) is 4.69. The van der Waals surface area contributed by atoms with E-state index in [9.17, 15) is 4.79 Å². The largest absolute Gasteiger partial charge is 0.295 e. The van der Waals surface area contributed by atoms with Crippen molar-refractivity contribution in [3.05, 3.63) is 12.2 Å². The Labute approximate surface area is 86.0 Å². The number of rotatable bonds is 4. The Morgan fingerprint density at radius 3 is 1.93 bits per heavy atom. The number of hydrogen-bond acceptors (Lipinski definition) is 3. The van der Waals surface area contributed by atoms with Gasteiger partial charge in [-0.1, -0.05) is 0 Å². The molecule has 0 unspecified atom stereocenters. The van der Waals surface area contributed by atoms with Crippen molar-refractivity contribution in [2.24, 2.45) is 0 Å². The van der Waals surface area contributed by atoms with Crippen LogP contribution in [0.5, 0.6) is 0 Å². The highest BCUT2D eigenvalue weighted by molar-refractivity contribution is 5.87. The summed E-state index contributed by atoms with van der Waals surface area (Å²) in [5.74, 6) is -0.00238. The lowest BCUT2D eigenvalue weighted by atomic mass is 10.1. The van der Waals surface area contributed by atoms with Crippen molar-refractivity contribution in [2.75, 3.05) is 0 Å². The molecular formula is C11H20O3. The maximum atomic E-state index is 10.7. The Bertz CT molecular complexity index is 221. The molecule has 82 valence electrons. The zero-order chi connectivity index (χ0) is 11.4. The lowest BCUT2D eigenvalue weighted by Gasteiger charge is -2.25. The Kier molecular flexibility index (Phi) is 4.49. The quantitative estimate of drug-likeness (QED) is 0.397. The van der Waals surface area contributed by atoms with Gasteiger partial charge in [0.15, 0.2) is 5.78 Å². The fourth-order valence-corrected chi connectivity index (χ4v) is 0.578. The van der Waals surface area contributed by atoms with E-state index in [0.717, 1.165) is 0 Å². The molecule has 0 saturated carbocycles. The third-order valence-electron chi connectivity index (χ3n) is 1.23. The molecule has 0 aromatic rings. The van der Waals surface area contributed by atoms with E-state index in [0.29, 0.717) is 0 Å². The first-order valence-electron chi connectivity index (χ1n) is 4.69. The van der Waals surface area contributed by atoms with Gasteiger partial charge in [0.25, 0.3) is 0 Å². The standard InChI is InChI=1S/C11H20O3/c1-9(12)7-8-11(5,6)14-13-10(2,3)4/h7-8H,1-6H3/b8-7+. The number of carbonyl (C=O) groups is 1. The highest BCUT2D eigenvalue weighted by atomic mass is 17.2. The molecule has 3 heteroatoms. The van der Waals surface area contributed by atoms with Crippen LogP contribution in [0.25, 0.3) is 0 Å². The second-order valence-corrected chi connectivity index (χ2v) is 4.83. The second-order valence-electron chi connectivity index (χ2n) is 4.83. The van der Waals surface area contributed by atoms with Crippen LogP contribution in [0.1, 0.15) is 41.5 Å². The molecular weight excluding hydrogens is 180 g/mol. The molecule has 0 N–H and O–H groups in total. The molecule has 0 radical (unpaired) electrons. The van der Waals surface area contributed by atoms with E-state index in [1.165, 1.54) is 13.0 Å². The van der Waals surface area contributed by atoms with E-state index in [1.54, 1.807) is 6.08 Å². The molecule has 0 aliphatic carbocycles. The average Bonchev–Trinajstić information content (AvgIpc) is 1.97. The van der Waals surface area contributed by atoms with Crippen molar-refractivity contribution in [1.82, 2.24) is 0 Å². The molecule has 0 fully saturated rings. The van der Waals surface area contributed by atoms with Crippen LogP contribution in [0.3, 0.4) is 0 Å². The van der Waals surface area contributed by atoms with Gasteiger partial charge in [-0.25, -0.2) is 9.78 Å². The molecule has 0 aromatic carbocycles. The Hall–Kier alpha value is -0.670. The van der Waals surface area contributed by atoms with Crippen LogP contribution >= 0.6 is 0 Å². The molecule has 0 aliphatic heterocycles. The summed E-state index contributed by atoms with van der Waals surface area (Å²) in [4.78, 5) is 21.1. The van der Waals surface area contributed by atoms with Gasteiger partial charge in [0.05, 0.1) is 5.60 Å². The number of ketones is 1. The van der Waals surface area contributed by atoms with Crippen LogP contribution < -0.4 is 0 Å². The van der Waals surface area contributed by atoms with Crippen LogP contribution in [-0.4, -0.2) is 17.0 Å². The van der Waals surface area contributed by atoms with E-state index >= 15 is 0 Å². The van der Waals surface area contributed by atoms with Gasteiger partial charge in [-0.2, -0.15) is 0 Å². The Morgan fingerprint density at radius 2 is 1.57 bits per heavy atom. The van der Waals surface area contributed by atoms with Gasteiger partial charge >= 0.3 is 0 Å². The summed E-state index contributed by atoms with van der Waals surface area (Å²) in [5.41, 5.74) is -0.930. The van der Waals surface area contributed by atoms with Crippen LogP contribution in [0, 0.1) is 0 Å². The minimum Gasteiger partial charge on any atom is -0.295 e. The molecule has 0 spiro atoms. The Morgan fingerprint density at radius 1 is 1.07 bits per heavy atom. The molecule has 14 heavy (non-hydrogen) atoms. The molecule has 0 amide bonds. The third-order valence-corrected chi connectivity index (χ3v) is 1.23. The molecule has 0 heterocycles. The third kappa shape index (κ3) is 7.95. The highest BCUT2D eigenvalue weighted by Crippen LogP contribution is 2.17. The minimum atomic E-state index is -0.584. The summed E-state index contributed by atoms with van der Waals surface area (Å²) in [6.45, 7) is 10.9. The summed E-state index contributed by atoms with van der Waals surface area (Å²) in [6.07, 6.45) is 3.16. The topological polar surface area (TPSA) is 35.5 Å². The van der Waals surface area contributed by atoms with E-state index in [1.807, 2.05) is 34.6 Å². The first kappa shape index (κ1) is 13.3. The lowest BCUT2D eigenvalue weighted by molar-refractivity contribution is -0.386. The van der Waals surface area contributed by atoms with Crippen molar-refractivity contribution in [3.8, 4) is 0 Å². The zero-order valence-electron chi connectivity index (χ0n) is 9.88. The predicted octanol–water partition coefficient (Wildman–Crippen LogP) is 2.66. The van der Waals surface area contributed by atoms with Crippen molar-refractivity contribution < 1.29 is 14.6 Å². The normalized spacial score (nSPS) is 13.6. The molecule has 0 bridgehead atoms. The summed E-state index contributed by atoms with van der Waals surface area (Å²) in [7, 11) is 0. The monoisotopic (exact) mass is 200 g/mol. The zero-order valence-corrected chi connectivity index (χ0v) is 9.88. The van der Waals surface area contributed by atoms with Crippen LogP contribution in [0.4, 0.5) is 0 Å².